The number of hydrogen-bond donors (Lipinski definition) is 3. The summed E-state index contributed by atoms with van der Waals surface area (Å²) in [6, 6.07) is -2.36. The highest BCUT2D eigenvalue weighted by molar-refractivity contribution is 5.89. The van der Waals surface area contributed by atoms with E-state index in [2.05, 4.69) is 16.6 Å². The van der Waals surface area contributed by atoms with E-state index in [9.17, 15) is 14.4 Å². The summed E-state index contributed by atoms with van der Waals surface area (Å²) in [6.45, 7) is 2.26. The second kappa shape index (κ2) is 5.91. The van der Waals surface area contributed by atoms with Crippen LogP contribution in [0.4, 0.5) is 4.79 Å². The molecule has 0 aromatic heterocycles. The molecule has 2 atom stereocenters. The van der Waals surface area contributed by atoms with Crippen molar-refractivity contribution < 1.29 is 19.5 Å². The van der Waals surface area contributed by atoms with Crippen LogP contribution in [0, 0.1) is 12.3 Å². The SMILES string of the molecule is C#CCC(NC(=O)N1CCNC(=O)C1C)C(=O)O. The second-order valence-electron chi connectivity index (χ2n) is 3.91. The molecule has 1 saturated heterocycles. The van der Waals surface area contributed by atoms with Gasteiger partial charge >= 0.3 is 12.0 Å². The van der Waals surface area contributed by atoms with Crippen LogP contribution in [0.5, 0.6) is 0 Å². The summed E-state index contributed by atoms with van der Waals surface area (Å²) < 4.78 is 0. The summed E-state index contributed by atoms with van der Waals surface area (Å²) >= 11 is 0. The Balaban J connectivity index is 2.66. The number of carboxylic acids is 1. The molecule has 0 aliphatic carbocycles. The van der Waals surface area contributed by atoms with Crippen LogP contribution in [0.2, 0.25) is 0 Å². The Morgan fingerprint density at radius 2 is 2.39 bits per heavy atom. The van der Waals surface area contributed by atoms with Crippen molar-refractivity contribution in [3.63, 3.8) is 0 Å². The summed E-state index contributed by atoms with van der Waals surface area (Å²) in [6.07, 6.45) is 4.93. The first-order chi connectivity index (χ1) is 8.47. The zero-order valence-electron chi connectivity index (χ0n) is 9.97. The first kappa shape index (κ1) is 13.8. The normalized spacial score (nSPS) is 20.6. The minimum absolute atomic E-state index is 0.102. The van der Waals surface area contributed by atoms with Crippen molar-refractivity contribution in [1.29, 1.82) is 0 Å². The summed E-state index contributed by atoms with van der Waals surface area (Å²) in [4.78, 5) is 35.3. The number of amides is 3. The fourth-order valence-electron chi connectivity index (χ4n) is 1.61. The first-order valence-electron chi connectivity index (χ1n) is 5.48. The summed E-state index contributed by atoms with van der Waals surface area (Å²) in [5.41, 5.74) is 0. The summed E-state index contributed by atoms with van der Waals surface area (Å²) in [5.74, 6) is 0.722. The van der Waals surface area contributed by atoms with Crippen LogP contribution < -0.4 is 10.6 Å². The molecule has 0 aromatic rings. The number of rotatable bonds is 3. The van der Waals surface area contributed by atoms with Crippen molar-refractivity contribution in [3.05, 3.63) is 0 Å². The lowest BCUT2D eigenvalue weighted by Crippen LogP contribution is -2.59. The Labute approximate surface area is 105 Å². The Kier molecular flexibility index (Phi) is 4.54. The van der Waals surface area contributed by atoms with Gasteiger partial charge in [-0.05, 0) is 6.92 Å². The molecule has 18 heavy (non-hydrogen) atoms. The average molecular weight is 253 g/mol. The van der Waals surface area contributed by atoms with Gasteiger partial charge in [0.25, 0.3) is 0 Å². The largest absolute Gasteiger partial charge is 0.480 e. The molecular weight excluding hydrogens is 238 g/mol. The third-order valence-electron chi connectivity index (χ3n) is 2.68. The minimum Gasteiger partial charge on any atom is -0.480 e. The standard InChI is InChI=1S/C11H15N3O4/c1-3-4-8(10(16)17)13-11(18)14-6-5-12-9(15)7(14)2/h1,7-8H,4-6H2,2H3,(H,12,15)(H,13,18)(H,16,17). The molecule has 3 N–H and O–H groups in total. The van der Waals surface area contributed by atoms with E-state index in [1.165, 1.54) is 4.90 Å². The molecule has 0 saturated carbocycles. The predicted molar refractivity (Wildman–Crippen MR) is 62.6 cm³/mol. The molecule has 0 spiro atoms. The van der Waals surface area contributed by atoms with Crippen LogP contribution in [0.1, 0.15) is 13.3 Å². The molecule has 1 fully saturated rings. The van der Waals surface area contributed by atoms with Gasteiger partial charge in [0.1, 0.15) is 12.1 Å². The number of terminal acetylenes is 1. The molecule has 1 aliphatic heterocycles. The Bertz CT molecular complexity index is 402. The minimum atomic E-state index is -1.20. The molecule has 1 aliphatic rings. The van der Waals surface area contributed by atoms with Crippen LogP contribution in [-0.2, 0) is 9.59 Å². The van der Waals surface area contributed by atoms with Gasteiger partial charge in [0, 0.05) is 19.5 Å². The molecule has 1 rings (SSSR count). The van der Waals surface area contributed by atoms with Gasteiger partial charge in [-0.15, -0.1) is 12.3 Å². The van der Waals surface area contributed by atoms with Crippen LogP contribution in [0.25, 0.3) is 0 Å². The molecule has 0 aromatic carbocycles. The van der Waals surface area contributed by atoms with E-state index < -0.39 is 24.1 Å². The highest BCUT2D eigenvalue weighted by Gasteiger charge is 2.31. The number of urea groups is 1. The van der Waals surface area contributed by atoms with Gasteiger partial charge in [0.2, 0.25) is 5.91 Å². The van der Waals surface area contributed by atoms with Gasteiger partial charge in [-0.1, -0.05) is 0 Å². The van der Waals surface area contributed by atoms with Crippen LogP contribution in [0.3, 0.4) is 0 Å². The number of nitrogens with zero attached hydrogens (tertiary/aromatic N) is 1. The topological polar surface area (TPSA) is 98.7 Å². The number of carbonyl (C=O) groups excluding carboxylic acids is 2. The van der Waals surface area contributed by atoms with Gasteiger partial charge < -0.3 is 20.6 Å². The van der Waals surface area contributed by atoms with Crippen molar-refractivity contribution in [1.82, 2.24) is 15.5 Å². The number of piperazine rings is 1. The van der Waals surface area contributed by atoms with Gasteiger partial charge in [0.15, 0.2) is 0 Å². The average Bonchev–Trinajstić information content (AvgIpc) is 2.31. The zero-order chi connectivity index (χ0) is 13.7. The number of carboxylic acid groups (broad SMARTS) is 1. The maximum absolute atomic E-state index is 11.8. The summed E-state index contributed by atoms with van der Waals surface area (Å²) in [5, 5.41) is 13.8. The lowest BCUT2D eigenvalue weighted by molar-refractivity contribution is -0.139. The first-order valence-corrected chi connectivity index (χ1v) is 5.48. The van der Waals surface area contributed by atoms with E-state index in [0.29, 0.717) is 13.1 Å². The molecule has 98 valence electrons. The lowest BCUT2D eigenvalue weighted by atomic mass is 10.2. The van der Waals surface area contributed by atoms with E-state index in [1.54, 1.807) is 6.92 Å². The number of hydrogen-bond acceptors (Lipinski definition) is 3. The van der Waals surface area contributed by atoms with Crippen molar-refractivity contribution >= 4 is 17.9 Å². The van der Waals surface area contributed by atoms with E-state index in [4.69, 9.17) is 11.5 Å². The Hall–Kier alpha value is -2.23. The molecule has 3 amide bonds. The molecule has 7 heteroatoms. The van der Waals surface area contributed by atoms with Gasteiger partial charge in [-0.2, -0.15) is 0 Å². The van der Waals surface area contributed by atoms with Crippen LogP contribution >= 0.6 is 0 Å². The zero-order valence-corrected chi connectivity index (χ0v) is 9.97. The van der Waals surface area contributed by atoms with Gasteiger partial charge in [-0.25, -0.2) is 9.59 Å². The van der Waals surface area contributed by atoms with E-state index in [1.807, 2.05) is 0 Å². The number of nitrogens with one attached hydrogen (secondary N) is 2. The summed E-state index contributed by atoms with van der Waals surface area (Å²) in [7, 11) is 0. The smallest absolute Gasteiger partial charge is 0.327 e. The molecule has 2 unspecified atom stereocenters. The molecule has 1 heterocycles. The number of carbonyl (C=O) groups is 3. The highest BCUT2D eigenvalue weighted by atomic mass is 16.4. The lowest BCUT2D eigenvalue weighted by Gasteiger charge is -2.33. The van der Waals surface area contributed by atoms with Gasteiger partial charge in [-0.3, -0.25) is 4.79 Å². The second-order valence-corrected chi connectivity index (χ2v) is 3.91. The molecule has 0 bridgehead atoms. The molecule has 0 radical (unpaired) electrons. The van der Waals surface area contributed by atoms with Crippen molar-refractivity contribution in [2.45, 2.75) is 25.4 Å². The van der Waals surface area contributed by atoms with Crippen LogP contribution in [-0.4, -0.2) is 53.1 Å². The highest BCUT2D eigenvalue weighted by Crippen LogP contribution is 2.05. The van der Waals surface area contributed by atoms with E-state index in [0.717, 1.165) is 0 Å². The maximum Gasteiger partial charge on any atom is 0.327 e. The van der Waals surface area contributed by atoms with E-state index >= 15 is 0 Å². The molecular formula is C11H15N3O4. The van der Waals surface area contributed by atoms with E-state index in [-0.39, 0.29) is 12.3 Å². The Morgan fingerprint density at radius 3 is 2.94 bits per heavy atom. The molecule has 7 nitrogen and oxygen atoms in total. The fourth-order valence-corrected chi connectivity index (χ4v) is 1.61. The van der Waals surface area contributed by atoms with Gasteiger partial charge in [0.05, 0.1) is 0 Å². The third kappa shape index (κ3) is 3.13. The number of aliphatic carboxylic acids is 1. The van der Waals surface area contributed by atoms with Crippen molar-refractivity contribution in [3.8, 4) is 12.3 Å². The monoisotopic (exact) mass is 253 g/mol. The quantitative estimate of drug-likeness (QED) is 0.561. The van der Waals surface area contributed by atoms with Crippen molar-refractivity contribution in [2.75, 3.05) is 13.1 Å². The van der Waals surface area contributed by atoms with Crippen molar-refractivity contribution in [2.24, 2.45) is 0 Å². The fraction of sp³-hybridized carbons (Fsp3) is 0.545. The third-order valence-corrected chi connectivity index (χ3v) is 2.68. The maximum atomic E-state index is 11.8. The van der Waals surface area contributed by atoms with Crippen LogP contribution in [0.15, 0.2) is 0 Å². The Morgan fingerprint density at radius 1 is 1.72 bits per heavy atom. The predicted octanol–water partition coefficient (Wildman–Crippen LogP) is -1.01.